The number of nitrogens with two attached hydrogens (primary N) is 1. The number of hydrogen-bond acceptors (Lipinski definition) is 7. The van der Waals surface area contributed by atoms with E-state index in [0.29, 0.717) is 16.8 Å². The average Bonchev–Trinajstić information content (AvgIpc) is 3.21. The smallest absolute Gasteiger partial charge is 0.313 e. The molecule has 0 saturated carbocycles. The molecule has 0 spiro atoms. The van der Waals surface area contributed by atoms with Crippen molar-refractivity contribution < 1.29 is 18.7 Å². The van der Waals surface area contributed by atoms with Gasteiger partial charge in [0.2, 0.25) is 5.95 Å². The number of ether oxygens (including phenoxy) is 2. The number of fused-ring (bicyclic) bond motifs is 1. The largest absolute Gasteiger partial charge is 0.463 e. The lowest BCUT2D eigenvalue weighted by atomic mass is 9.97. The van der Waals surface area contributed by atoms with Crippen molar-refractivity contribution >= 4 is 23.1 Å². The maximum atomic E-state index is 14.6. The Morgan fingerprint density at radius 2 is 2.00 bits per heavy atom. The highest BCUT2D eigenvalue weighted by atomic mass is 19.1. The van der Waals surface area contributed by atoms with Crippen LogP contribution in [-0.4, -0.2) is 38.7 Å². The lowest BCUT2D eigenvalue weighted by Gasteiger charge is -2.13. The molecular formula is C23H22FN5O4. The topological polar surface area (TPSA) is 125 Å². The first-order valence-corrected chi connectivity index (χ1v) is 10.2. The number of carbonyl (C=O) groups excluding carboxylic acids is 1. The number of benzene rings is 2. The van der Waals surface area contributed by atoms with Crippen LogP contribution in [0.4, 0.5) is 10.3 Å². The second kappa shape index (κ2) is 9.61. The van der Waals surface area contributed by atoms with Gasteiger partial charge in [-0.3, -0.25) is 19.1 Å². The van der Waals surface area contributed by atoms with E-state index in [9.17, 15) is 14.0 Å². The summed E-state index contributed by atoms with van der Waals surface area (Å²) in [7, 11) is 0. The van der Waals surface area contributed by atoms with Crippen molar-refractivity contribution in [3.05, 3.63) is 76.6 Å². The molecule has 10 heteroatoms. The van der Waals surface area contributed by atoms with Gasteiger partial charge in [0.05, 0.1) is 18.9 Å². The van der Waals surface area contributed by atoms with E-state index in [1.165, 1.54) is 17.0 Å². The molecule has 4 rings (SSSR count). The molecule has 1 atom stereocenters. The Balaban J connectivity index is 1.29. The highest BCUT2D eigenvalue weighted by Crippen LogP contribution is 2.26. The molecule has 4 aromatic rings. The van der Waals surface area contributed by atoms with Crippen LogP contribution in [0.2, 0.25) is 0 Å². The van der Waals surface area contributed by atoms with Crippen molar-refractivity contribution in [2.45, 2.75) is 19.6 Å². The number of rotatable bonds is 8. The predicted octanol–water partition coefficient (Wildman–Crippen LogP) is 2.83. The minimum Gasteiger partial charge on any atom is -0.463 e. The summed E-state index contributed by atoms with van der Waals surface area (Å²) in [5.74, 6) is -1.55. The molecule has 0 aliphatic rings. The van der Waals surface area contributed by atoms with Crippen molar-refractivity contribution in [2.75, 3.05) is 18.9 Å². The van der Waals surface area contributed by atoms with E-state index < -0.39 is 23.3 Å². The first-order valence-electron chi connectivity index (χ1n) is 10.2. The minimum atomic E-state index is -0.638. The minimum absolute atomic E-state index is 0.0105. The average molecular weight is 451 g/mol. The molecule has 0 amide bonds. The fourth-order valence-electron chi connectivity index (χ4n) is 3.34. The molecule has 0 aliphatic heterocycles. The lowest BCUT2D eigenvalue weighted by molar-refractivity contribution is -0.147. The summed E-state index contributed by atoms with van der Waals surface area (Å²) < 4.78 is 26.8. The van der Waals surface area contributed by atoms with Crippen LogP contribution in [0, 0.1) is 5.82 Å². The van der Waals surface area contributed by atoms with E-state index >= 15 is 0 Å². The third-order valence-corrected chi connectivity index (χ3v) is 5.13. The molecule has 2 aromatic heterocycles. The fourth-order valence-corrected chi connectivity index (χ4v) is 3.34. The number of hydrogen-bond donors (Lipinski definition) is 2. The second-order valence-electron chi connectivity index (χ2n) is 7.37. The quantitative estimate of drug-likeness (QED) is 0.312. The molecule has 2 aromatic carbocycles. The van der Waals surface area contributed by atoms with Crippen LogP contribution in [0.25, 0.3) is 22.3 Å². The Hall–Kier alpha value is -4.05. The zero-order valence-electron chi connectivity index (χ0n) is 17.8. The fraction of sp³-hybridized carbons (Fsp3) is 0.217. The summed E-state index contributed by atoms with van der Waals surface area (Å²) in [4.78, 5) is 34.5. The van der Waals surface area contributed by atoms with Gasteiger partial charge in [0.1, 0.15) is 19.2 Å². The Labute approximate surface area is 188 Å². The van der Waals surface area contributed by atoms with Gasteiger partial charge in [-0.05, 0) is 24.1 Å². The Morgan fingerprint density at radius 3 is 2.76 bits per heavy atom. The second-order valence-corrected chi connectivity index (χ2v) is 7.37. The van der Waals surface area contributed by atoms with Gasteiger partial charge in [0, 0.05) is 5.56 Å². The van der Waals surface area contributed by atoms with Crippen LogP contribution in [0.15, 0.2) is 59.7 Å². The van der Waals surface area contributed by atoms with Crippen LogP contribution in [-0.2, 0) is 21.0 Å². The number of aromatic nitrogens is 4. The van der Waals surface area contributed by atoms with Gasteiger partial charge in [0.25, 0.3) is 5.56 Å². The van der Waals surface area contributed by atoms with Crippen molar-refractivity contribution in [3.63, 3.8) is 0 Å². The number of esters is 1. The molecule has 1 unspecified atom stereocenters. The molecule has 0 radical (unpaired) electrons. The zero-order chi connectivity index (χ0) is 23.4. The van der Waals surface area contributed by atoms with Gasteiger partial charge < -0.3 is 15.2 Å². The van der Waals surface area contributed by atoms with E-state index in [4.69, 9.17) is 15.2 Å². The van der Waals surface area contributed by atoms with E-state index in [-0.39, 0.29) is 31.4 Å². The van der Waals surface area contributed by atoms with Gasteiger partial charge >= 0.3 is 5.97 Å². The molecule has 0 aliphatic carbocycles. The maximum Gasteiger partial charge on any atom is 0.313 e. The molecule has 2 heterocycles. The number of carbonyl (C=O) groups is 1. The number of halogens is 1. The first kappa shape index (κ1) is 22.2. The maximum absolute atomic E-state index is 14.6. The Bertz CT molecular complexity index is 1340. The van der Waals surface area contributed by atoms with Crippen LogP contribution < -0.4 is 11.3 Å². The first-order chi connectivity index (χ1) is 15.9. The number of nitrogens with one attached hydrogen (secondary N) is 1. The van der Waals surface area contributed by atoms with E-state index in [0.717, 1.165) is 5.56 Å². The number of anilines is 1. The normalized spacial score (nSPS) is 12.1. The van der Waals surface area contributed by atoms with E-state index in [2.05, 4.69) is 15.0 Å². The summed E-state index contributed by atoms with van der Waals surface area (Å²) in [6.07, 6.45) is 1.41. The van der Waals surface area contributed by atoms with Crippen molar-refractivity contribution in [2.24, 2.45) is 0 Å². The number of nitrogen functional groups attached to an aromatic ring is 1. The molecule has 33 heavy (non-hydrogen) atoms. The highest BCUT2D eigenvalue weighted by Gasteiger charge is 2.19. The molecule has 0 fully saturated rings. The lowest BCUT2D eigenvalue weighted by Crippen LogP contribution is -2.17. The molecule has 170 valence electrons. The van der Waals surface area contributed by atoms with E-state index in [1.54, 1.807) is 19.1 Å². The van der Waals surface area contributed by atoms with Gasteiger partial charge in [-0.1, -0.05) is 42.5 Å². The highest BCUT2D eigenvalue weighted by molar-refractivity contribution is 5.78. The third-order valence-electron chi connectivity index (χ3n) is 5.13. The molecule has 0 saturated heterocycles. The summed E-state index contributed by atoms with van der Waals surface area (Å²) >= 11 is 0. The SMILES string of the molecule is CC(C(=O)OCCOCn1cnc2c(=O)[nH]c(N)nc21)c1ccc(-c2ccccc2)c(F)c1. The molecular weight excluding hydrogens is 429 g/mol. The van der Waals surface area contributed by atoms with Crippen molar-refractivity contribution in [1.82, 2.24) is 19.5 Å². The monoisotopic (exact) mass is 451 g/mol. The van der Waals surface area contributed by atoms with Crippen LogP contribution >= 0.6 is 0 Å². The summed E-state index contributed by atoms with van der Waals surface area (Å²) in [6.45, 7) is 1.83. The summed E-state index contributed by atoms with van der Waals surface area (Å²) in [6, 6.07) is 13.9. The summed E-state index contributed by atoms with van der Waals surface area (Å²) in [5, 5.41) is 0. The van der Waals surface area contributed by atoms with Crippen LogP contribution in [0.1, 0.15) is 18.4 Å². The van der Waals surface area contributed by atoms with Crippen LogP contribution in [0.3, 0.4) is 0 Å². The molecule has 9 nitrogen and oxygen atoms in total. The number of aromatic amines is 1. The predicted molar refractivity (Wildman–Crippen MR) is 120 cm³/mol. The van der Waals surface area contributed by atoms with Crippen molar-refractivity contribution in [3.8, 4) is 11.1 Å². The van der Waals surface area contributed by atoms with Gasteiger partial charge in [-0.2, -0.15) is 4.98 Å². The van der Waals surface area contributed by atoms with E-state index in [1.807, 2.05) is 30.3 Å². The molecule has 3 N–H and O–H groups in total. The van der Waals surface area contributed by atoms with Gasteiger partial charge in [0.15, 0.2) is 11.2 Å². The Morgan fingerprint density at radius 1 is 1.21 bits per heavy atom. The molecule has 0 bridgehead atoms. The standard InChI is InChI=1S/C23H22FN5O4/c1-14(16-7-8-17(18(24)11-16)15-5-3-2-4-6-15)22(31)33-10-9-32-13-29-12-26-19-20(29)27-23(25)28-21(19)30/h2-8,11-12,14H,9-10,13H2,1H3,(H3,25,27,28,30). The summed E-state index contributed by atoms with van der Waals surface area (Å²) in [5.41, 5.74) is 7.33. The van der Waals surface area contributed by atoms with Crippen LogP contribution in [0.5, 0.6) is 0 Å². The number of H-pyrrole nitrogens is 1. The number of nitrogens with zero attached hydrogens (tertiary/aromatic N) is 3. The Kier molecular flexibility index (Phi) is 6.45. The van der Waals surface area contributed by atoms with Gasteiger partial charge in [-0.15, -0.1) is 0 Å². The zero-order valence-corrected chi connectivity index (χ0v) is 17.8. The van der Waals surface area contributed by atoms with Gasteiger partial charge in [-0.25, -0.2) is 9.37 Å². The number of imidazole rings is 1. The third kappa shape index (κ3) is 4.90. The van der Waals surface area contributed by atoms with Crippen molar-refractivity contribution in [1.29, 1.82) is 0 Å².